The number of unbranched alkanes of at least 4 members (excludes halogenated alkanes) is 3. The maximum Gasteiger partial charge on any atom is 0.309 e. The zero-order chi connectivity index (χ0) is 23.0. The molecule has 0 heterocycles. The van der Waals surface area contributed by atoms with Crippen LogP contribution in [0.25, 0.3) is 0 Å². The van der Waals surface area contributed by atoms with Gasteiger partial charge in [-0.05, 0) is 74.8 Å². The van der Waals surface area contributed by atoms with Crippen LogP contribution in [0.3, 0.4) is 0 Å². The van der Waals surface area contributed by atoms with Crippen LogP contribution >= 0.6 is 0 Å². The lowest BCUT2D eigenvalue weighted by atomic mass is 9.77. The maximum atomic E-state index is 14.5. The Balaban J connectivity index is 1.42. The van der Waals surface area contributed by atoms with E-state index >= 15 is 0 Å². The molecule has 0 N–H and O–H groups in total. The van der Waals surface area contributed by atoms with Crippen LogP contribution < -0.4 is 0 Å². The third-order valence-electron chi connectivity index (χ3n) is 7.70. The molecule has 0 aromatic heterocycles. The van der Waals surface area contributed by atoms with Gasteiger partial charge in [-0.15, -0.1) is 0 Å². The van der Waals surface area contributed by atoms with Crippen molar-refractivity contribution in [3.05, 3.63) is 35.4 Å². The van der Waals surface area contributed by atoms with Gasteiger partial charge in [0.1, 0.15) is 6.10 Å². The molecule has 2 fully saturated rings. The first-order valence-corrected chi connectivity index (χ1v) is 13.1. The van der Waals surface area contributed by atoms with E-state index in [4.69, 9.17) is 4.74 Å². The molecule has 0 aliphatic heterocycles. The molecule has 2 saturated carbocycles. The molecule has 2 atom stereocenters. The van der Waals surface area contributed by atoms with Crippen molar-refractivity contribution in [1.29, 1.82) is 0 Å². The molecule has 2 nitrogen and oxygen atoms in total. The molecule has 0 saturated heterocycles. The number of hydrogen-bond donors (Lipinski definition) is 0. The summed E-state index contributed by atoms with van der Waals surface area (Å²) >= 11 is 0. The molecule has 0 bridgehead atoms. The van der Waals surface area contributed by atoms with Gasteiger partial charge in [0.05, 0.1) is 5.92 Å². The second-order valence-corrected chi connectivity index (χ2v) is 10.2. The molecule has 3 rings (SSSR count). The van der Waals surface area contributed by atoms with E-state index in [2.05, 4.69) is 31.2 Å². The fourth-order valence-electron chi connectivity index (χ4n) is 5.53. The number of carbonyl (C=O) groups excluding carboxylic acids is 1. The minimum absolute atomic E-state index is 0.112. The first kappa shape index (κ1) is 25.2. The van der Waals surface area contributed by atoms with E-state index in [0.29, 0.717) is 25.2 Å². The molecule has 180 valence electrons. The largest absolute Gasteiger partial charge is 0.462 e. The molecule has 1 aromatic carbocycles. The van der Waals surface area contributed by atoms with Crippen LogP contribution in [0.4, 0.5) is 8.78 Å². The zero-order valence-electron chi connectivity index (χ0n) is 20.1. The monoisotopic (exact) mass is 448 g/mol. The van der Waals surface area contributed by atoms with Crippen LogP contribution in [0, 0.1) is 11.8 Å². The molecule has 2 aliphatic carbocycles. The maximum absolute atomic E-state index is 14.5. The molecule has 2 unspecified atom stereocenters. The summed E-state index contributed by atoms with van der Waals surface area (Å²) in [7, 11) is 0. The molecule has 0 radical (unpaired) electrons. The van der Waals surface area contributed by atoms with Crippen molar-refractivity contribution in [3.8, 4) is 0 Å². The number of esters is 1. The highest BCUT2D eigenvalue weighted by Crippen LogP contribution is 2.44. The minimum Gasteiger partial charge on any atom is -0.462 e. The van der Waals surface area contributed by atoms with Crippen molar-refractivity contribution >= 4 is 5.97 Å². The molecule has 32 heavy (non-hydrogen) atoms. The van der Waals surface area contributed by atoms with Crippen molar-refractivity contribution in [1.82, 2.24) is 0 Å². The Kier molecular flexibility index (Phi) is 9.55. The van der Waals surface area contributed by atoms with E-state index in [1.54, 1.807) is 0 Å². The Hall–Kier alpha value is -1.45. The average molecular weight is 449 g/mol. The van der Waals surface area contributed by atoms with Gasteiger partial charge in [-0.2, -0.15) is 0 Å². The summed E-state index contributed by atoms with van der Waals surface area (Å²) in [5.74, 6) is -3.83. The fraction of sp³-hybridized carbons (Fsp3) is 0.750. The molecular formula is C28H42F2O2. The topological polar surface area (TPSA) is 26.3 Å². The van der Waals surface area contributed by atoms with Crippen LogP contribution in [0.2, 0.25) is 0 Å². The van der Waals surface area contributed by atoms with Gasteiger partial charge in [0.25, 0.3) is 5.92 Å². The summed E-state index contributed by atoms with van der Waals surface area (Å²) in [6.07, 6.45) is 11.4. The zero-order valence-corrected chi connectivity index (χ0v) is 20.1. The normalized spacial score (nSPS) is 27.8. The molecular weight excluding hydrogens is 406 g/mol. The van der Waals surface area contributed by atoms with Gasteiger partial charge in [-0.25, -0.2) is 8.78 Å². The quantitative estimate of drug-likeness (QED) is 0.266. The molecule has 1 aromatic rings. The first-order valence-electron chi connectivity index (χ1n) is 13.1. The summed E-state index contributed by atoms with van der Waals surface area (Å²) in [6.45, 7) is 4.25. The van der Waals surface area contributed by atoms with Gasteiger partial charge in [0.15, 0.2) is 0 Å². The fourth-order valence-corrected chi connectivity index (χ4v) is 5.53. The third-order valence-corrected chi connectivity index (χ3v) is 7.70. The summed E-state index contributed by atoms with van der Waals surface area (Å²) in [5.41, 5.74) is 2.78. The van der Waals surface area contributed by atoms with E-state index in [9.17, 15) is 13.6 Å². The third kappa shape index (κ3) is 7.02. The molecule has 4 heteroatoms. The highest BCUT2D eigenvalue weighted by atomic mass is 19.3. The second kappa shape index (κ2) is 12.1. The van der Waals surface area contributed by atoms with E-state index in [0.717, 1.165) is 44.9 Å². The highest BCUT2D eigenvalue weighted by Gasteiger charge is 2.47. The standard InChI is InChI=1S/C28H42F2O2/c1-3-5-7-8-21-10-12-22(13-11-21)23-15-18-26(19-16-23)32-27(31)24-14-17-25(9-6-4-2)28(29,30)20-24/h10-13,23-26H,3-9,14-20H2,1-2H3. The van der Waals surface area contributed by atoms with Crippen molar-refractivity contribution in [3.63, 3.8) is 0 Å². The minimum atomic E-state index is -2.74. The predicted molar refractivity (Wildman–Crippen MR) is 126 cm³/mol. The SMILES string of the molecule is CCCCCc1ccc(C2CCC(OC(=O)C3CCC(CCCC)C(F)(F)C3)CC2)cc1. The smallest absolute Gasteiger partial charge is 0.309 e. The summed E-state index contributed by atoms with van der Waals surface area (Å²) in [4.78, 5) is 12.6. The Bertz CT molecular complexity index is 692. The highest BCUT2D eigenvalue weighted by molar-refractivity contribution is 5.73. The van der Waals surface area contributed by atoms with E-state index in [-0.39, 0.29) is 12.5 Å². The van der Waals surface area contributed by atoms with Crippen molar-refractivity contribution in [2.45, 2.75) is 122 Å². The summed E-state index contributed by atoms with van der Waals surface area (Å²) < 4.78 is 34.8. The van der Waals surface area contributed by atoms with Crippen LogP contribution in [0.1, 0.15) is 114 Å². The Morgan fingerprint density at radius 3 is 2.25 bits per heavy atom. The van der Waals surface area contributed by atoms with Crippen LogP contribution in [0.15, 0.2) is 24.3 Å². The van der Waals surface area contributed by atoms with Gasteiger partial charge >= 0.3 is 5.97 Å². The summed E-state index contributed by atoms with van der Waals surface area (Å²) in [5, 5.41) is 0. The summed E-state index contributed by atoms with van der Waals surface area (Å²) in [6, 6.07) is 9.04. The van der Waals surface area contributed by atoms with Crippen LogP contribution in [-0.4, -0.2) is 18.0 Å². The van der Waals surface area contributed by atoms with Gasteiger partial charge in [-0.1, -0.05) is 63.8 Å². The van der Waals surface area contributed by atoms with E-state index in [1.807, 2.05) is 6.92 Å². The predicted octanol–water partition coefficient (Wildman–Crippen LogP) is 8.23. The number of halogens is 2. The molecule has 0 amide bonds. The Morgan fingerprint density at radius 2 is 1.62 bits per heavy atom. The lowest BCUT2D eigenvalue weighted by molar-refractivity contribution is -0.167. The number of alkyl halides is 2. The lowest BCUT2D eigenvalue weighted by Crippen LogP contribution is -2.40. The Labute approximate surface area is 193 Å². The van der Waals surface area contributed by atoms with Gasteiger partial charge < -0.3 is 4.74 Å². The van der Waals surface area contributed by atoms with Crippen molar-refractivity contribution in [2.75, 3.05) is 0 Å². The average Bonchev–Trinajstić information content (AvgIpc) is 2.79. The molecule has 2 aliphatic rings. The van der Waals surface area contributed by atoms with E-state index in [1.165, 1.54) is 30.4 Å². The molecule has 0 spiro atoms. The van der Waals surface area contributed by atoms with Crippen molar-refractivity contribution < 1.29 is 18.3 Å². The number of aryl methyl sites for hydroxylation is 1. The van der Waals surface area contributed by atoms with Gasteiger partial charge in [0.2, 0.25) is 0 Å². The number of rotatable bonds is 10. The first-order chi connectivity index (χ1) is 15.4. The van der Waals surface area contributed by atoms with Gasteiger partial charge in [-0.3, -0.25) is 4.79 Å². The van der Waals surface area contributed by atoms with Crippen LogP contribution in [-0.2, 0) is 16.0 Å². The number of carbonyl (C=O) groups is 1. The number of ether oxygens (including phenoxy) is 1. The van der Waals surface area contributed by atoms with Crippen molar-refractivity contribution in [2.24, 2.45) is 11.8 Å². The second-order valence-electron chi connectivity index (χ2n) is 10.2. The Morgan fingerprint density at radius 1 is 0.938 bits per heavy atom. The lowest BCUT2D eigenvalue weighted by Gasteiger charge is -2.36. The van der Waals surface area contributed by atoms with Gasteiger partial charge in [0, 0.05) is 12.3 Å². The number of hydrogen-bond acceptors (Lipinski definition) is 2. The van der Waals surface area contributed by atoms with Crippen LogP contribution in [0.5, 0.6) is 0 Å². The van der Waals surface area contributed by atoms with E-state index < -0.39 is 23.7 Å². The number of benzene rings is 1.